The Labute approximate surface area is 97.5 Å². The Morgan fingerprint density at radius 1 is 1.41 bits per heavy atom. The highest BCUT2D eigenvalue weighted by molar-refractivity contribution is 6.04. The third kappa shape index (κ3) is 2.50. The fourth-order valence-electron chi connectivity index (χ4n) is 1.52. The van der Waals surface area contributed by atoms with Crippen LogP contribution in [0.3, 0.4) is 0 Å². The molecule has 0 radical (unpaired) electrons. The summed E-state index contributed by atoms with van der Waals surface area (Å²) in [4.78, 5) is 15.4. The molecule has 88 valence electrons. The molecule has 0 aliphatic carbocycles. The first-order valence-electron chi connectivity index (χ1n) is 5.07. The highest BCUT2D eigenvalue weighted by Gasteiger charge is 2.14. The lowest BCUT2D eigenvalue weighted by molar-refractivity contribution is 0.102. The summed E-state index contributed by atoms with van der Waals surface area (Å²) in [7, 11) is 0. The minimum absolute atomic E-state index is 0.174. The lowest BCUT2D eigenvalue weighted by atomic mass is 10.2. The monoisotopic (exact) mass is 234 g/mol. The van der Waals surface area contributed by atoms with Crippen molar-refractivity contribution in [1.29, 1.82) is 0 Å². The smallest absolute Gasteiger partial charge is 0.260 e. The molecule has 1 N–H and O–H groups in total. The molecule has 2 heterocycles. The highest BCUT2D eigenvalue weighted by Crippen LogP contribution is 2.15. The molecule has 0 spiro atoms. The van der Waals surface area contributed by atoms with E-state index in [1.54, 1.807) is 19.9 Å². The summed E-state index contributed by atoms with van der Waals surface area (Å²) in [6, 6.07) is 5.83. The summed E-state index contributed by atoms with van der Waals surface area (Å²) < 4.78 is 18.1. The second-order valence-electron chi connectivity index (χ2n) is 3.63. The van der Waals surface area contributed by atoms with Gasteiger partial charge in [-0.1, -0.05) is 6.07 Å². The summed E-state index contributed by atoms with van der Waals surface area (Å²) in [6.45, 7) is 3.45. The van der Waals surface area contributed by atoms with Crippen molar-refractivity contribution in [2.24, 2.45) is 0 Å². The third-order valence-electron chi connectivity index (χ3n) is 2.24. The van der Waals surface area contributed by atoms with Gasteiger partial charge in [-0.3, -0.25) is 4.79 Å². The predicted molar refractivity (Wildman–Crippen MR) is 60.3 cm³/mol. The number of aryl methyl sites for hydroxylation is 2. The first kappa shape index (κ1) is 11.3. The van der Waals surface area contributed by atoms with Crippen LogP contribution >= 0.6 is 0 Å². The summed E-state index contributed by atoms with van der Waals surface area (Å²) >= 11 is 0. The number of pyridine rings is 1. The van der Waals surface area contributed by atoms with Gasteiger partial charge in [-0.25, -0.2) is 4.98 Å². The number of anilines is 1. The number of furan rings is 1. The molecule has 0 aliphatic rings. The van der Waals surface area contributed by atoms with Gasteiger partial charge in [-0.15, -0.1) is 0 Å². The molecule has 0 aliphatic heterocycles. The van der Waals surface area contributed by atoms with Crippen LogP contribution in [0.4, 0.5) is 10.2 Å². The fourth-order valence-corrected chi connectivity index (χ4v) is 1.52. The Kier molecular flexibility index (Phi) is 2.91. The molecule has 2 rings (SSSR count). The van der Waals surface area contributed by atoms with Gasteiger partial charge in [0, 0.05) is 0 Å². The van der Waals surface area contributed by atoms with Crippen LogP contribution in [-0.4, -0.2) is 10.9 Å². The van der Waals surface area contributed by atoms with Crippen LogP contribution in [0.5, 0.6) is 0 Å². The van der Waals surface area contributed by atoms with Crippen LogP contribution in [0.1, 0.15) is 21.9 Å². The van der Waals surface area contributed by atoms with Crippen molar-refractivity contribution in [2.75, 3.05) is 5.32 Å². The Hall–Kier alpha value is -2.17. The SMILES string of the molecule is Cc1cc(C(=O)Nc2cccc(F)n2)c(C)o1. The molecule has 5 heteroatoms. The number of halogens is 1. The Morgan fingerprint density at radius 3 is 2.76 bits per heavy atom. The summed E-state index contributed by atoms with van der Waals surface area (Å²) in [5.74, 6) is 0.352. The lowest BCUT2D eigenvalue weighted by Crippen LogP contribution is -2.13. The minimum Gasteiger partial charge on any atom is -0.466 e. The number of nitrogens with zero attached hydrogens (tertiary/aromatic N) is 1. The van der Waals surface area contributed by atoms with E-state index in [1.165, 1.54) is 18.2 Å². The van der Waals surface area contributed by atoms with Crippen molar-refractivity contribution >= 4 is 11.7 Å². The van der Waals surface area contributed by atoms with Gasteiger partial charge >= 0.3 is 0 Å². The van der Waals surface area contributed by atoms with E-state index in [4.69, 9.17) is 4.42 Å². The van der Waals surface area contributed by atoms with E-state index in [1.807, 2.05) is 0 Å². The molecule has 0 fully saturated rings. The van der Waals surface area contributed by atoms with Crippen LogP contribution in [0, 0.1) is 19.8 Å². The maximum absolute atomic E-state index is 12.8. The Bertz CT molecular complexity index is 563. The van der Waals surface area contributed by atoms with Gasteiger partial charge in [0.25, 0.3) is 5.91 Å². The first-order chi connectivity index (χ1) is 8.06. The van der Waals surface area contributed by atoms with E-state index in [0.29, 0.717) is 17.1 Å². The molecule has 0 aromatic carbocycles. The molecular formula is C12H11FN2O2. The number of amides is 1. The minimum atomic E-state index is -0.636. The number of hydrogen-bond acceptors (Lipinski definition) is 3. The first-order valence-corrected chi connectivity index (χ1v) is 5.07. The standard InChI is InChI=1S/C12H11FN2O2/c1-7-6-9(8(2)17-7)12(16)15-11-5-3-4-10(13)14-11/h3-6H,1-2H3,(H,14,15,16). The average Bonchev–Trinajstić information content (AvgIpc) is 2.58. The maximum atomic E-state index is 12.8. The van der Waals surface area contributed by atoms with Crippen LogP contribution < -0.4 is 5.32 Å². The number of aromatic nitrogens is 1. The lowest BCUT2D eigenvalue weighted by Gasteiger charge is -2.02. The van der Waals surface area contributed by atoms with Crippen molar-refractivity contribution in [3.05, 3.63) is 47.3 Å². The zero-order valence-electron chi connectivity index (χ0n) is 9.45. The second kappa shape index (κ2) is 4.37. The van der Waals surface area contributed by atoms with Gasteiger partial charge < -0.3 is 9.73 Å². The molecule has 1 amide bonds. The zero-order valence-corrected chi connectivity index (χ0v) is 9.45. The molecule has 0 unspecified atom stereocenters. The molecule has 0 saturated carbocycles. The largest absolute Gasteiger partial charge is 0.466 e. The van der Waals surface area contributed by atoms with E-state index in [2.05, 4.69) is 10.3 Å². The average molecular weight is 234 g/mol. The van der Waals surface area contributed by atoms with Gasteiger partial charge in [0.05, 0.1) is 5.56 Å². The Morgan fingerprint density at radius 2 is 2.18 bits per heavy atom. The van der Waals surface area contributed by atoms with Crippen molar-refractivity contribution in [1.82, 2.24) is 4.98 Å². The van der Waals surface area contributed by atoms with Crippen LogP contribution in [-0.2, 0) is 0 Å². The van der Waals surface area contributed by atoms with Crippen molar-refractivity contribution < 1.29 is 13.6 Å². The van der Waals surface area contributed by atoms with Gasteiger partial charge in [0.2, 0.25) is 5.95 Å². The van der Waals surface area contributed by atoms with Crippen LogP contribution in [0.25, 0.3) is 0 Å². The van der Waals surface area contributed by atoms with Crippen LogP contribution in [0.15, 0.2) is 28.7 Å². The molecule has 17 heavy (non-hydrogen) atoms. The zero-order chi connectivity index (χ0) is 12.4. The normalized spacial score (nSPS) is 10.3. The van der Waals surface area contributed by atoms with E-state index in [0.717, 1.165) is 0 Å². The number of carbonyl (C=O) groups excluding carboxylic acids is 1. The highest BCUT2D eigenvalue weighted by atomic mass is 19.1. The number of nitrogens with one attached hydrogen (secondary N) is 1. The topological polar surface area (TPSA) is 55.1 Å². The molecular weight excluding hydrogens is 223 g/mol. The number of carbonyl (C=O) groups is 1. The van der Waals surface area contributed by atoms with Crippen molar-refractivity contribution in [3.63, 3.8) is 0 Å². The van der Waals surface area contributed by atoms with Gasteiger partial charge in [-0.05, 0) is 32.0 Å². The molecule has 0 bridgehead atoms. The van der Waals surface area contributed by atoms with Gasteiger partial charge in [-0.2, -0.15) is 4.39 Å². The van der Waals surface area contributed by atoms with E-state index < -0.39 is 5.95 Å². The molecule has 2 aromatic heterocycles. The van der Waals surface area contributed by atoms with E-state index in [-0.39, 0.29) is 11.7 Å². The third-order valence-corrected chi connectivity index (χ3v) is 2.24. The maximum Gasteiger partial charge on any atom is 0.260 e. The van der Waals surface area contributed by atoms with Crippen molar-refractivity contribution in [3.8, 4) is 0 Å². The second-order valence-corrected chi connectivity index (χ2v) is 3.63. The molecule has 0 saturated heterocycles. The summed E-state index contributed by atoms with van der Waals surface area (Å²) in [5, 5.41) is 2.50. The van der Waals surface area contributed by atoms with E-state index in [9.17, 15) is 9.18 Å². The predicted octanol–water partition coefficient (Wildman–Crippen LogP) is 2.68. The number of rotatable bonds is 2. The van der Waals surface area contributed by atoms with Crippen molar-refractivity contribution in [2.45, 2.75) is 13.8 Å². The van der Waals surface area contributed by atoms with Crippen LogP contribution in [0.2, 0.25) is 0 Å². The number of hydrogen-bond donors (Lipinski definition) is 1. The fraction of sp³-hybridized carbons (Fsp3) is 0.167. The van der Waals surface area contributed by atoms with Gasteiger partial charge in [0.15, 0.2) is 0 Å². The molecule has 4 nitrogen and oxygen atoms in total. The van der Waals surface area contributed by atoms with Gasteiger partial charge in [0.1, 0.15) is 17.3 Å². The quantitative estimate of drug-likeness (QED) is 0.813. The molecule has 2 aromatic rings. The van der Waals surface area contributed by atoms with E-state index >= 15 is 0 Å². The Balaban J connectivity index is 2.20. The molecule has 0 atom stereocenters. The summed E-state index contributed by atoms with van der Waals surface area (Å²) in [6.07, 6.45) is 0. The summed E-state index contributed by atoms with van der Waals surface area (Å²) in [5.41, 5.74) is 0.425.